The van der Waals surface area contributed by atoms with Crippen molar-refractivity contribution < 1.29 is 40.9 Å². The van der Waals surface area contributed by atoms with Gasteiger partial charge in [-0.15, -0.1) is 0 Å². The van der Waals surface area contributed by atoms with Crippen molar-refractivity contribution in [2.75, 3.05) is 37.8 Å². The second kappa shape index (κ2) is 9.09. The van der Waals surface area contributed by atoms with Crippen molar-refractivity contribution in [2.45, 2.75) is 38.3 Å². The Balaban J connectivity index is 0.00000231. The standard InChI is InChI=1S/C24H29N2O4.BrH/c1-2-28-20-10-7-18(8-11-20)24(27)17-25(23-6-4-3-5-13-26(23)24)19-9-12-21-22(16-19)30-15-14-29-21;/h7-12,16,27H,2-6,13-15,17H2,1H3;1H/q+1;/p-1. The van der Waals surface area contributed by atoms with E-state index in [4.69, 9.17) is 14.2 Å². The molecule has 1 N–H and O–H groups in total. The number of hydrogen-bond acceptors (Lipinski definition) is 5. The zero-order valence-corrected chi connectivity index (χ0v) is 19.4. The molecule has 31 heavy (non-hydrogen) atoms. The summed E-state index contributed by atoms with van der Waals surface area (Å²) in [4.78, 5) is 2.25. The van der Waals surface area contributed by atoms with Crippen molar-refractivity contribution in [3.63, 3.8) is 0 Å². The summed E-state index contributed by atoms with van der Waals surface area (Å²) in [6.07, 6.45) is 4.34. The second-order valence-electron chi connectivity index (χ2n) is 8.07. The molecule has 0 radical (unpaired) electrons. The molecule has 1 unspecified atom stereocenters. The van der Waals surface area contributed by atoms with Crippen molar-refractivity contribution in [1.29, 1.82) is 0 Å². The average Bonchev–Trinajstić information content (AvgIpc) is 2.93. The minimum atomic E-state index is -1.07. The molecule has 2 aromatic carbocycles. The van der Waals surface area contributed by atoms with Gasteiger partial charge in [0.15, 0.2) is 18.0 Å². The highest BCUT2D eigenvalue weighted by molar-refractivity contribution is 5.96. The molecule has 7 heteroatoms. The van der Waals surface area contributed by atoms with Gasteiger partial charge < -0.3 is 36.3 Å². The summed E-state index contributed by atoms with van der Waals surface area (Å²) in [5.74, 6) is 3.57. The van der Waals surface area contributed by atoms with Crippen molar-refractivity contribution in [3.05, 3.63) is 48.0 Å². The van der Waals surface area contributed by atoms with Gasteiger partial charge in [-0.25, -0.2) is 9.48 Å². The quantitative estimate of drug-likeness (QED) is 0.635. The first-order chi connectivity index (χ1) is 14.7. The predicted molar refractivity (Wildman–Crippen MR) is 115 cm³/mol. The van der Waals surface area contributed by atoms with Crippen LogP contribution in [0.25, 0.3) is 0 Å². The van der Waals surface area contributed by atoms with Gasteiger partial charge in [0.1, 0.15) is 24.7 Å². The Bertz CT molecular complexity index is 963. The first-order valence-electron chi connectivity index (χ1n) is 11.0. The van der Waals surface area contributed by atoms with E-state index >= 15 is 0 Å². The highest BCUT2D eigenvalue weighted by Crippen LogP contribution is 2.39. The maximum atomic E-state index is 11.9. The van der Waals surface area contributed by atoms with Crippen LogP contribution in [0.2, 0.25) is 0 Å². The summed E-state index contributed by atoms with van der Waals surface area (Å²) in [7, 11) is 0. The van der Waals surface area contributed by atoms with Crippen molar-refractivity contribution >= 4 is 11.5 Å². The number of aliphatic hydroxyl groups is 1. The largest absolute Gasteiger partial charge is 1.00 e. The Morgan fingerprint density at radius 3 is 2.58 bits per heavy atom. The van der Waals surface area contributed by atoms with E-state index in [1.807, 2.05) is 43.3 Å². The van der Waals surface area contributed by atoms with Gasteiger partial charge in [0.05, 0.1) is 13.2 Å². The Hall–Kier alpha value is -2.25. The lowest BCUT2D eigenvalue weighted by Crippen LogP contribution is -3.00. The summed E-state index contributed by atoms with van der Waals surface area (Å²) in [5, 5.41) is 11.9. The van der Waals surface area contributed by atoms with Crippen molar-refractivity contribution in [2.24, 2.45) is 0 Å². The molecule has 3 aliphatic rings. The molecule has 0 aromatic heterocycles. The highest BCUT2D eigenvalue weighted by Gasteiger charge is 2.52. The SMILES string of the molecule is CCOc1ccc(C2(O)CN(c3ccc4c(c3)OCCO4)C3=[N+]2CCCCC3)cc1.[Br-]. The molecule has 0 saturated heterocycles. The Morgan fingerprint density at radius 2 is 1.81 bits per heavy atom. The molecule has 0 saturated carbocycles. The van der Waals surface area contributed by atoms with Gasteiger partial charge in [-0.05, 0) is 62.6 Å². The molecule has 2 aromatic rings. The molecule has 0 amide bonds. The van der Waals surface area contributed by atoms with E-state index in [1.165, 1.54) is 12.3 Å². The number of amidine groups is 1. The molecule has 3 aliphatic heterocycles. The third-order valence-corrected chi connectivity index (χ3v) is 6.20. The number of rotatable bonds is 4. The van der Waals surface area contributed by atoms with Crippen molar-refractivity contribution in [1.82, 2.24) is 0 Å². The van der Waals surface area contributed by atoms with Crippen LogP contribution in [0.1, 0.15) is 38.2 Å². The van der Waals surface area contributed by atoms with Crippen LogP contribution >= 0.6 is 0 Å². The summed E-state index contributed by atoms with van der Waals surface area (Å²) in [6, 6.07) is 13.9. The number of β-amino-alcohol motifs (C(OH)–C–C–N with tert-alkyl or cyclic N) is 1. The smallest absolute Gasteiger partial charge is 0.271 e. The monoisotopic (exact) mass is 488 g/mol. The Kier molecular flexibility index (Phi) is 6.44. The molecule has 6 nitrogen and oxygen atoms in total. The van der Waals surface area contributed by atoms with Crippen LogP contribution in [0.4, 0.5) is 5.69 Å². The lowest BCUT2D eigenvalue weighted by Gasteiger charge is -2.24. The van der Waals surface area contributed by atoms with Gasteiger partial charge in [-0.3, -0.25) is 0 Å². The van der Waals surface area contributed by atoms with Crippen LogP contribution in [0.3, 0.4) is 0 Å². The number of anilines is 1. The summed E-state index contributed by atoms with van der Waals surface area (Å²) >= 11 is 0. The van der Waals surface area contributed by atoms with Crippen molar-refractivity contribution in [3.8, 4) is 17.2 Å². The molecule has 0 bridgehead atoms. The Labute approximate surface area is 193 Å². The van der Waals surface area contributed by atoms with Gasteiger partial charge in [0, 0.05) is 18.1 Å². The molecule has 166 valence electrons. The van der Waals surface area contributed by atoms with Crippen LogP contribution in [0, 0.1) is 0 Å². The van der Waals surface area contributed by atoms with E-state index in [-0.39, 0.29) is 17.0 Å². The van der Waals surface area contributed by atoms with Gasteiger partial charge in [0.2, 0.25) is 0 Å². The fraction of sp³-hybridized carbons (Fsp3) is 0.458. The topological polar surface area (TPSA) is 54.2 Å². The fourth-order valence-electron chi connectivity index (χ4n) is 4.74. The van der Waals surface area contributed by atoms with Crippen LogP contribution in [0.15, 0.2) is 42.5 Å². The van der Waals surface area contributed by atoms with Crippen LogP contribution < -0.4 is 36.1 Å². The molecular formula is C24H29BrN2O4. The third-order valence-electron chi connectivity index (χ3n) is 6.20. The zero-order valence-electron chi connectivity index (χ0n) is 17.8. The second-order valence-corrected chi connectivity index (χ2v) is 8.07. The third kappa shape index (κ3) is 4.01. The lowest BCUT2D eigenvalue weighted by atomic mass is 10.0. The van der Waals surface area contributed by atoms with Crippen LogP contribution in [-0.2, 0) is 5.72 Å². The zero-order chi connectivity index (χ0) is 20.6. The molecule has 0 spiro atoms. The number of benzene rings is 2. The van der Waals surface area contributed by atoms with E-state index in [1.54, 1.807) is 0 Å². The van der Waals surface area contributed by atoms with E-state index in [2.05, 4.69) is 15.5 Å². The summed E-state index contributed by atoms with van der Waals surface area (Å²) in [5.41, 5.74) is 0.853. The molecule has 0 fully saturated rings. The van der Waals surface area contributed by atoms with Crippen LogP contribution in [-0.4, -0.2) is 48.4 Å². The fourth-order valence-corrected chi connectivity index (χ4v) is 4.74. The molecule has 0 aliphatic carbocycles. The van der Waals surface area contributed by atoms with Gasteiger partial charge >= 0.3 is 0 Å². The Morgan fingerprint density at radius 1 is 1.03 bits per heavy atom. The first kappa shape index (κ1) is 22.0. The summed E-state index contributed by atoms with van der Waals surface area (Å²) < 4.78 is 19.3. The molecular weight excluding hydrogens is 460 g/mol. The van der Waals surface area contributed by atoms with Gasteiger partial charge in [-0.1, -0.05) is 0 Å². The van der Waals surface area contributed by atoms with E-state index in [0.717, 1.165) is 54.3 Å². The van der Waals surface area contributed by atoms with E-state index < -0.39 is 5.72 Å². The van der Waals surface area contributed by atoms with Gasteiger partial charge in [0.25, 0.3) is 11.6 Å². The number of nitrogens with zero attached hydrogens (tertiary/aromatic N) is 2. The number of ether oxygens (including phenoxy) is 3. The normalized spacial score (nSPS) is 22.5. The number of hydrogen-bond donors (Lipinski definition) is 1. The molecule has 1 atom stereocenters. The molecule has 5 rings (SSSR count). The maximum absolute atomic E-state index is 11.9. The maximum Gasteiger partial charge on any atom is 0.271 e. The van der Waals surface area contributed by atoms with E-state index in [0.29, 0.717) is 26.4 Å². The highest BCUT2D eigenvalue weighted by atomic mass is 79.9. The average molecular weight is 489 g/mol. The first-order valence-corrected chi connectivity index (χ1v) is 11.0. The van der Waals surface area contributed by atoms with E-state index in [9.17, 15) is 5.11 Å². The van der Waals surface area contributed by atoms with Gasteiger partial charge in [-0.2, -0.15) is 0 Å². The minimum absolute atomic E-state index is 0. The minimum Gasteiger partial charge on any atom is -1.00 e. The number of halogens is 1. The predicted octanol–water partition coefficient (Wildman–Crippen LogP) is 0.511. The lowest BCUT2D eigenvalue weighted by molar-refractivity contribution is -0.658. The van der Waals surface area contributed by atoms with Crippen LogP contribution in [0.5, 0.6) is 17.2 Å². The number of fused-ring (bicyclic) bond motifs is 1. The molecule has 3 heterocycles. The summed E-state index contributed by atoms with van der Waals surface area (Å²) in [6.45, 7) is 5.08.